The standard InChI is InChI=1S/C19H18N2O3/c1-14-7-5-6-10-18(14)23-13-19(22)20-12-16-11-17(21-24-16)15-8-3-2-4-9-15/h2-11H,12-13H2,1H3,(H,20,22). The van der Waals surface area contributed by atoms with Gasteiger partial charge in [0.2, 0.25) is 0 Å². The van der Waals surface area contributed by atoms with E-state index in [1.807, 2.05) is 67.6 Å². The molecular weight excluding hydrogens is 304 g/mol. The number of benzene rings is 2. The molecule has 5 nitrogen and oxygen atoms in total. The number of nitrogens with one attached hydrogen (secondary N) is 1. The van der Waals surface area contributed by atoms with Gasteiger partial charge in [0.1, 0.15) is 11.4 Å². The first-order chi connectivity index (χ1) is 11.7. The Morgan fingerprint density at radius 1 is 1.12 bits per heavy atom. The van der Waals surface area contributed by atoms with Crippen molar-refractivity contribution in [2.45, 2.75) is 13.5 Å². The molecule has 5 heteroatoms. The third-order valence-electron chi connectivity index (χ3n) is 3.54. The maximum Gasteiger partial charge on any atom is 0.258 e. The van der Waals surface area contributed by atoms with Gasteiger partial charge < -0.3 is 14.6 Å². The molecule has 0 fully saturated rings. The lowest BCUT2D eigenvalue weighted by molar-refractivity contribution is -0.123. The van der Waals surface area contributed by atoms with Crippen LogP contribution in [0.15, 0.2) is 65.2 Å². The van der Waals surface area contributed by atoms with Crippen LogP contribution in [0.4, 0.5) is 0 Å². The second-order valence-corrected chi connectivity index (χ2v) is 5.38. The molecule has 0 saturated carbocycles. The number of amides is 1. The number of aryl methyl sites for hydroxylation is 1. The minimum Gasteiger partial charge on any atom is -0.484 e. The van der Waals surface area contributed by atoms with Crippen LogP contribution in [0, 0.1) is 6.92 Å². The first kappa shape index (κ1) is 15.8. The van der Waals surface area contributed by atoms with Gasteiger partial charge >= 0.3 is 0 Å². The Morgan fingerprint density at radius 2 is 1.88 bits per heavy atom. The second-order valence-electron chi connectivity index (χ2n) is 5.38. The number of rotatable bonds is 6. The zero-order valence-corrected chi connectivity index (χ0v) is 13.4. The minimum atomic E-state index is -0.212. The minimum absolute atomic E-state index is 0.0372. The van der Waals surface area contributed by atoms with Crippen molar-refractivity contribution in [2.75, 3.05) is 6.61 Å². The fourth-order valence-corrected chi connectivity index (χ4v) is 2.24. The van der Waals surface area contributed by atoms with Gasteiger partial charge in [-0.1, -0.05) is 53.7 Å². The Balaban J connectivity index is 1.50. The van der Waals surface area contributed by atoms with E-state index in [0.29, 0.717) is 11.5 Å². The van der Waals surface area contributed by atoms with Gasteiger partial charge in [0.15, 0.2) is 12.4 Å². The maximum atomic E-state index is 11.9. The molecule has 1 heterocycles. The van der Waals surface area contributed by atoms with E-state index < -0.39 is 0 Å². The van der Waals surface area contributed by atoms with Gasteiger partial charge in [-0.15, -0.1) is 0 Å². The van der Waals surface area contributed by atoms with Gasteiger partial charge in [-0.05, 0) is 18.6 Å². The fourth-order valence-electron chi connectivity index (χ4n) is 2.24. The molecule has 0 aliphatic rings. The van der Waals surface area contributed by atoms with Crippen LogP contribution in [0.2, 0.25) is 0 Å². The molecule has 0 bridgehead atoms. The first-order valence-electron chi connectivity index (χ1n) is 7.68. The Bertz CT molecular complexity index is 812. The molecule has 0 aliphatic carbocycles. The van der Waals surface area contributed by atoms with E-state index in [9.17, 15) is 4.79 Å². The van der Waals surface area contributed by atoms with Crippen molar-refractivity contribution in [3.8, 4) is 17.0 Å². The SMILES string of the molecule is Cc1ccccc1OCC(=O)NCc1cc(-c2ccccc2)no1. The van der Waals surface area contributed by atoms with Crippen molar-refractivity contribution >= 4 is 5.91 Å². The molecule has 24 heavy (non-hydrogen) atoms. The molecule has 1 aromatic heterocycles. The highest BCUT2D eigenvalue weighted by Crippen LogP contribution is 2.18. The summed E-state index contributed by atoms with van der Waals surface area (Å²) in [4.78, 5) is 11.9. The maximum absolute atomic E-state index is 11.9. The van der Waals surface area contributed by atoms with Crippen LogP contribution < -0.4 is 10.1 Å². The van der Waals surface area contributed by atoms with E-state index in [1.165, 1.54) is 0 Å². The van der Waals surface area contributed by atoms with E-state index in [1.54, 1.807) is 0 Å². The number of para-hydroxylation sites is 1. The van der Waals surface area contributed by atoms with E-state index in [4.69, 9.17) is 9.26 Å². The topological polar surface area (TPSA) is 64.4 Å². The largest absolute Gasteiger partial charge is 0.484 e. The Kier molecular flexibility index (Phi) is 4.91. The smallest absolute Gasteiger partial charge is 0.258 e. The summed E-state index contributed by atoms with van der Waals surface area (Å²) in [5.41, 5.74) is 2.71. The van der Waals surface area contributed by atoms with E-state index in [2.05, 4.69) is 10.5 Å². The van der Waals surface area contributed by atoms with Crippen LogP contribution in [-0.2, 0) is 11.3 Å². The zero-order valence-electron chi connectivity index (χ0n) is 13.4. The first-order valence-corrected chi connectivity index (χ1v) is 7.68. The lowest BCUT2D eigenvalue weighted by atomic mass is 10.1. The van der Waals surface area contributed by atoms with Crippen molar-refractivity contribution in [1.82, 2.24) is 10.5 Å². The summed E-state index contributed by atoms with van der Waals surface area (Å²) in [5, 5.41) is 6.77. The number of carbonyl (C=O) groups excluding carboxylic acids is 1. The average Bonchev–Trinajstić information content (AvgIpc) is 3.09. The highest BCUT2D eigenvalue weighted by atomic mass is 16.5. The van der Waals surface area contributed by atoms with Gasteiger partial charge in [-0.3, -0.25) is 4.79 Å². The molecule has 0 aliphatic heterocycles. The van der Waals surface area contributed by atoms with Gasteiger partial charge in [0, 0.05) is 11.6 Å². The normalized spacial score (nSPS) is 10.4. The molecule has 0 unspecified atom stereocenters. The van der Waals surface area contributed by atoms with Crippen LogP contribution in [0.3, 0.4) is 0 Å². The quantitative estimate of drug-likeness (QED) is 0.756. The van der Waals surface area contributed by atoms with Gasteiger partial charge in [-0.25, -0.2) is 0 Å². The second kappa shape index (κ2) is 7.46. The number of ether oxygens (including phenoxy) is 1. The fraction of sp³-hybridized carbons (Fsp3) is 0.158. The lowest BCUT2D eigenvalue weighted by Crippen LogP contribution is -2.28. The van der Waals surface area contributed by atoms with Crippen LogP contribution in [0.25, 0.3) is 11.3 Å². The van der Waals surface area contributed by atoms with Gasteiger partial charge in [0.25, 0.3) is 5.91 Å². The Morgan fingerprint density at radius 3 is 2.67 bits per heavy atom. The zero-order chi connectivity index (χ0) is 16.8. The lowest BCUT2D eigenvalue weighted by Gasteiger charge is -2.08. The Labute approximate surface area is 140 Å². The molecule has 122 valence electrons. The molecular formula is C19H18N2O3. The van der Waals surface area contributed by atoms with Crippen LogP contribution in [-0.4, -0.2) is 17.7 Å². The average molecular weight is 322 g/mol. The number of hydrogen-bond acceptors (Lipinski definition) is 4. The van der Waals surface area contributed by atoms with E-state index >= 15 is 0 Å². The summed E-state index contributed by atoms with van der Waals surface area (Å²) in [5.74, 6) is 1.09. The van der Waals surface area contributed by atoms with Crippen LogP contribution in [0.5, 0.6) is 5.75 Å². The van der Waals surface area contributed by atoms with Crippen molar-refractivity contribution < 1.29 is 14.1 Å². The van der Waals surface area contributed by atoms with Crippen molar-refractivity contribution in [2.24, 2.45) is 0 Å². The molecule has 1 N–H and O–H groups in total. The number of aromatic nitrogens is 1. The molecule has 3 aromatic rings. The molecule has 0 radical (unpaired) electrons. The number of carbonyl (C=O) groups is 1. The number of nitrogens with zero attached hydrogens (tertiary/aromatic N) is 1. The predicted octanol–water partition coefficient (Wildman–Crippen LogP) is 3.35. The summed E-state index contributed by atoms with van der Waals surface area (Å²) >= 11 is 0. The monoisotopic (exact) mass is 322 g/mol. The third kappa shape index (κ3) is 4.01. The number of hydrogen-bond donors (Lipinski definition) is 1. The van der Waals surface area contributed by atoms with Crippen LogP contribution in [0.1, 0.15) is 11.3 Å². The third-order valence-corrected chi connectivity index (χ3v) is 3.54. The van der Waals surface area contributed by atoms with Crippen molar-refractivity contribution in [1.29, 1.82) is 0 Å². The molecule has 0 spiro atoms. The van der Waals surface area contributed by atoms with Crippen LogP contribution >= 0.6 is 0 Å². The predicted molar refractivity (Wildman–Crippen MR) is 90.5 cm³/mol. The van der Waals surface area contributed by atoms with Crippen molar-refractivity contribution in [3.05, 3.63) is 72.0 Å². The summed E-state index contributed by atoms with van der Waals surface area (Å²) in [6.07, 6.45) is 0. The highest BCUT2D eigenvalue weighted by Gasteiger charge is 2.09. The van der Waals surface area contributed by atoms with E-state index in [0.717, 1.165) is 16.8 Å². The molecule has 0 saturated heterocycles. The van der Waals surface area contributed by atoms with Gasteiger partial charge in [0.05, 0.1) is 6.54 Å². The molecule has 3 rings (SSSR count). The molecule has 1 amide bonds. The van der Waals surface area contributed by atoms with Gasteiger partial charge in [-0.2, -0.15) is 0 Å². The van der Waals surface area contributed by atoms with Crippen molar-refractivity contribution in [3.63, 3.8) is 0 Å². The summed E-state index contributed by atoms with van der Waals surface area (Å²) in [7, 11) is 0. The Hall–Kier alpha value is -3.08. The van der Waals surface area contributed by atoms with E-state index in [-0.39, 0.29) is 19.1 Å². The summed E-state index contributed by atoms with van der Waals surface area (Å²) < 4.78 is 10.7. The summed E-state index contributed by atoms with van der Waals surface area (Å²) in [6.45, 7) is 2.17. The molecule has 2 aromatic carbocycles. The highest BCUT2D eigenvalue weighted by molar-refractivity contribution is 5.77. The summed E-state index contributed by atoms with van der Waals surface area (Å²) in [6, 6.07) is 19.1. The molecule has 0 atom stereocenters.